The number of amides is 1. The molecule has 3 heterocycles. The van der Waals surface area contributed by atoms with Crippen molar-refractivity contribution in [1.82, 2.24) is 20.3 Å². The molecule has 0 radical (unpaired) electrons. The molecule has 3 rings (SSSR count). The Morgan fingerprint density at radius 1 is 1.46 bits per heavy atom. The standard InChI is InChI=1S/C15H20N6O3/c1-11-7-14(20-24-11)18-15(22)10-21-5-6-23-12(9-21)8-16-13-3-2-4-17-19-13/h2-4,7,12H,5-6,8-10H2,1H3,(H,16,19)(H,18,20,22)/t12-/m1/s1. The van der Waals surface area contributed by atoms with E-state index in [4.69, 9.17) is 9.26 Å². The fourth-order valence-electron chi connectivity index (χ4n) is 2.47. The molecule has 128 valence electrons. The van der Waals surface area contributed by atoms with Crippen LogP contribution in [0.25, 0.3) is 0 Å². The summed E-state index contributed by atoms with van der Waals surface area (Å²) in [5.74, 6) is 1.68. The number of hydrogen-bond donors (Lipinski definition) is 2. The zero-order chi connectivity index (χ0) is 16.8. The molecule has 0 aromatic carbocycles. The monoisotopic (exact) mass is 332 g/mol. The number of hydrogen-bond acceptors (Lipinski definition) is 8. The topological polar surface area (TPSA) is 105 Å². The number of ether oxygens (including phenoxy) is 1. The minimum Gasteiger partial charge on any atom is -0.374 e. The zero-order valence-electron chi connectivity index (χ0n) is 13.4. The summed E-state index contributed by atoms with van der Waals surface area (Å²) in [4.78, 5) is 14.1. The van der Waals surface area contributed by atoms with Crippen LogP contribution in [0.1, 0.15) is 5.76 Å². The van der Waals surface area contributed by atoms with Gasteiger partial charge in [0.2, 0.25) is 5.91 Å². The molecule has 1 saturated heterocycles. The van der Waals surface area contributed by atoms with Gasteiger partial charge in [0.05, 0.1) is 19.3 Å². The van der Waals surface area contributed by atoms with E-state index in [0.29, 0.717) is 43.6 Å². The normalized spacial score (nSPS) is 18.3. The minimum absolute atomic E-state index is 0.0112. The highest BCUT2D eigenvalue weighted by Gasteiger charge is 2.22. The molecule has 24 heavy (non-hydrogen) atoms. The molecule has 2 N–H and O–H groups in total. The number of nitrogens with zero attached hydrogens (tertiary/aromatic N) is 4. The highest BCUT2D eigenvalue weighted by molar-refractivity contribution is 5.91. The van der Waals surface area contributed by atoms with Crippen LogP contribution < -0.4 is 10.6 Å². The van der Waals surface area contributed by atoms with Gasteiger partial charge in [-0.25, -0.2) is 0 Å². The van der Waals surface area contributed by atoms with Crippen LogP contribution in [0.3, 0.4) is 0 Å². The van der Waals surface area contributed by atoms with E-state index in [1.807, 2.05) is 12.1 Å². The van der Waals surface area contributed by atoms with Crippen LogP contribution in [-0.4, -0.2) is 65.1 Å². The molecule has 2 aromatic heterocycles. The maximum absolute atomic E-state index is 12.1. The number of nitrogens with one attached hydrogen (secondary N) is 2. The Morgan fingerprint density at radius 3 is 3.12 bits per heavy atom. The van der Waals surface area contributed by atoms with Crippen molar-refractivity contribution in [2.75, 3.05) is 43.4 Å². The van der Waals surface area contributed by atoms with Gasteiger partial charge in [-0.15, -0.1) is 5.10 Å². The Balaban J connectivity index is 1.44. The minimum atomic E-state index is -0.120. The third kappa shape index (κ3) is 4.74. The van der Waals surface area contributed by atoms with Crippen molar-refractivity contribution in [1.29, 1.82) is 0 Å². The maximum atomic E-state index is 12.1. The number of carbonyl (C=O) groups is 1. The van der Waals surface area contributed by atoms with Crippen LogP contribution in [0.15, 0.2) is 28.9 Å². The van der Waals surface area contributed by atoms with Crippen LogP contribution in [0.5, 0.6) is 0 Å². The number of morpholine rings is 1. The third-order valence-corrected chi connectivity index (χ3v) is 3.57. The molecule has 0 bridgehead atoms. The van der Waals surface area contributed by atoms with Crippen LogP contribution in [0.4, 0.5) is 11.6 Å². The summed E-state index contributed by atoms with van der Waals surface area (Å²) in [5.41, 5.74) is 0. The molecule has 9 nitrogen and oxygen atoms in total. The van der Waals surface area contributed by atoms with Gasteiger partial charge in [-0.05, 0) is 19.1 Å². The largest absolute Gasteiger partial charge is 0.374 e. The second-order valence-electron chi connectivity index (χ2n) is 5.59. The van der Waals surface area contributed by atoms with Gasteiger partial charge in [0.15, 0.2) is 5.82 Å². The van der Waals surface area contributed by atoms with Crippen molar-refractivity contribution in [3.05, 3.63) is 30.2 Å². The van der Waals surface area contributed by atoms with Crippen LogP contribution in [0, 0.1) is 6.92 Å². The summed E-state index contributed by atoms with van der Waals surface area (Å²) in [6.07, 6.45) is 1.61. The smallest absolute Gasteiger partial charge is 0.239 e. The molecule has 1 aliphatic rings. The predicted molar refractivity (Wildman–Crippen MR) is 86.6 cm³/mol. The number of aromatic nitrogens is 3. The fourth-order valence-corrected chi connectivity index (χ4v) is 2.47. The second kappa shape index (κ2) is 7.84. The molecule has 0 saturated carbocycles. The van der Waals surface area contributed by atoms with Gasteiger partial charge in [0.25, 0.3) is 0 Å². The molecule has 0 aliphatic carbocycles. The third-order valence-electron chi connectivity index (χ3n) is 3.57. The van der Waals surface area contributed by atoms with Gasteiger partial charge >= 0.3 is 0 Å². The first-order chi connectivity index (χ1) is 11.7. The molecule has 1 fully saturated rings. The Bertz CT molecular complexity index is 662. The van der Waals surface area contributed by atoms with Crippen LogP contribution >= 0.6 is 0 Å². The lowest BCUT2D eigenvalue weighted by Gasteiger charge is -2.32. The average Bonchev–Trinajstić information content (AvgIpc) is 2.99. The van der Waals surface area contributed by atoms with Crippen molar-refractivity contribution >= 4 is 17.5 Å². The molecule has 1 aliphatic heterocycles. The second-order valence-corrected chi connectivity index (χ2v) is 5.59. The summed E-state index contributed by atoms with van der Waals surface area (Å²) >= 11 is 0. The van der Waals surface area contributed by atoms with Crippen molar-refractivity contribution in [2.24, 2.45) is 0 Å². The first kappa shape index (κ1) is 16.3. The van der Waals surface area contributed by atoms with E-state index in [1.165, 1.54) is 0 Å². The molecular formula is C15H20N6O3. The van der Waals surface area contributed by atoms with Crippen molar-refractivity contribution in [3.63, 3.8) is 0 Å². The number of carbonyl (C=O) groups excluding carboxylic acids is 1. The molecule has 2 aromatic rings. The van der Waals surface area contributed by atoms with Crippen molar-refractivity contribution < 1.29 is 14.1 Å². The van der Waals surface area contributed by atoms with E-state index in [2.05, 4.69) is 30.9 Å². The number of anilines is 2. The van der Waals surface area contributed by atoms with E-state index < -0.39 is 0 Å². The van der Waals surface area contributed by atoms with Gasteiger partial charge in [-0.3, -0.25) is 9.69 Å². The molecular weight excluding hydrogens is 312 g/mol. The summed E-state index contributed by atoms with van der Waals surface area (Å²) < 4.78 is 10.7. The van der Waals surface area contributed by atoms with E-state index in [-0.39, 0.29) is 18.6 Å². The van der Waals surface area contributed by atoms with Gasteiger partial charge in [0, 0.05) is 31.9 Å². The Hall–Kier alpha value is -2.52. The molecule has 9 heteroatoms. The van der Waals surface area contributed by atoms with Crippen LogP contribution in [-0.2, 0) is 9.53 Å². The summed E-state index contributed by atoms with van der Waals surface area (Å²) in [6.45, 7) is 4.64. The lowest BCUT2D eigenvalue weighted by molar-refractivity contribution is -0.119. The Kier molecular flexibility index (Phi) is 5.34. The van der Waals surface area contributed by atoms with Gasteiger partial charge in [0.1, 0.15) is 11.6 Å². The average molecular weight is 332 g/mol. The van der Waals surface area contributed by atoms with E-state index >= 15 is 0 Å². The fraction of sp³-hybridized carbons (Fsp3) is 0.467. The highest BCUT2D eigenvalue weighted by Crippen LogP contribution is 2.09. The van der Waals surface area contributed by atoms with Gasteiger partial charge in [-0.2, -0.15) is 5.10 Å². The summed E-state index contributed by atoms with van der Waals surface area (Å²) in [7, 11) is 0. The van der Waals surface area contributed by atoms with E-state index in [0.717, 1.165) is 0 Å². The molecule has 1 atom stereocenters. The quantitative estimate of drug-likeness (QED) is 0.789. The molecule has 0 spiro atoms. The first-order valence-electron chi connectivity index (χ1n) is 7.78. The molecule has 1 amide bonds. The van der Waals surface area contributed by atoms with Crippen LogP contribution in [0.2, 0.25) is 0 Å². The summed E-state index contributed by atoms with van der Waals surface area (Å²) in [5, 5.41) is 17.4. The summed E-state index contributed by atoms with van der Waals surface area (Å²) in [6, 6.07) is 5.35. The van der Waals surface area contributed by atoms with Crippen molar-refractivity contribution in [3.8, 4) is 0 Å². The predicted octanol–water partition coefficient (Wildman–Crippen LogP) is 0.524. The SMILES string of the molecule is Cc1cc(NC(=O)CN2CCO[C@H](CNc3cccnn3)C2)no1. The zero-order valence-corrected chi connectivity index (χ0v) is 13.4. The van der Waals surface area contributed by atoms with Crippen molar-refractivity contribution in [2.45, 2.75) is 13.0 Å². The van der Waals surface area contributed by atoms with Gasteiger partial charge in [-0.1, -0.05) is 5.16 Å². The first-order valence-corrected chi connectivity index (χ1v) is 7.78. The lowest BCUT2D eigenvalue weighted by atomic mass is 10.2. The lowest BCUT2D eigenvalue weighted by Crippen LogP contribution is -2.47. The van der Waals surface area contributed by atoms with E-state index in [1.54, 1.807) is 19.2 Å². The van der Waals surface area contributed by atoms with E-state index in [9.17, 15) is 4.79 Å². The Labute approximate surface area is 139 Å². The highest BCUT2D eigenvalue weighted by atomic mass is 16.5. The maximum Gasteiger partial charge on any atom is 0.239 e. The number of aryl methyl sites for hydroxylation is 1. The van der Waals surface area contributed by atoms with Gasteiger partial charge < -0.3 is 19.9 Å². The Morgan fingerprint density at radius 2 is 2.38 bits per heavy atom. The molecule has 0 unspecified atom stereocenters. The number of rotatable bonds is 6.